The Morgan fingerprint density at radius 3 is 2.90 bits per heavy atom. The summed E-state index contributed by atoms with van der Waals surface area (Å²) in [4.78, 5) is 21.7. The Balaban J connectivity index is 2.16. The van der Waals surface area contributed by atoms with Gasteiger partial charge in [0, 0.05) is 19.3 Å². The second-order valence-corrected chi connectivity index (χ2v) is 4.01. The second-order valence-electron chi connectivity index (χ2n) is 4.01. The van der Waals surface area contributed by atoms with Crippen LogP contribution in [-0.4, -0.2) is 55.4 Å². The van der Waals surface area contributed by atoms with E-state index in [1.165, 1.54) is 28.4 Å². The molecule has 0 atom stereocenters. The van der Waals surface area contributed by atoms with E-state index in [4.69, 9.17) is 5.11 Å². The highest BCUT2D eigenvalue weighted by Gasteiger charge is 2.14. The van der Waals surface area contributed by atoms with Gasteiger partial charge in [-0.3, -0.25) is 4.79 Å². The van der Waals surface area contributed by atoms with Crippen LogP contribution in [-0.2, 0) is 0 Å². The first kappa shape index (κ1) is 13.9. The molecule has 2 heterocycles. The molecule has 2 aromatic rings. The van der Waals surface area contributed by atoms with Crippen molar-refractivity contribution in [1.82, 2.24) is 24.6 Å². The molecular weight excluding hydrogens is 258 g/mol. The van der Waals surface area contributed by atoms with Crippen molar-refractivity contribution in [3.63, 3.8) is 0 Å². The first-order chi connectivity index (χ1) is 9.76. The van der Waals surface area contributed by atoms with Crippen LogP contribution in [0.5, 0.6) is 0 Å². The fourth-order valence-corrected chi connectivity index (χ4v) is 1.71. The van der Waals surface area contributed by atoms with Crippen molar-refractivity contribution in [2.24, 2.45) is 0 Å². The van der Waals surface area contributed by atoms with Crippen LogP contribution >= 0.6 is 0 Å². The third-order valence-corrected chi connectivity index (χ3v) is 2.65. The highest BCUT2D eigenvalue weighted by Crippen LogP contribution is 2.07. The van der Waals surface area contributed by atoms with Gasteiger partial charge in [0.05, 0.1) is 12.2 Å². The molecule has 0 spiro atoms. The van der Waals surface area contributed by atoms with E-state index in [0.717, 1.165) is 0 Å². The summed E-state index contributed by atoms with van der Waals surface area (Å²) < 4.78 is 1.50. The van der Waals surface area contributed by atoms with Gasteiger partial charge in [0.1, 0.15) is 12.7 Å². The second kappa shape index (κ2) is 6.58. The molecule has 0 fully saturated rings. The summed E-state index contributed by atoms with van der Waals surface area (Å²) in [5, 5.41) is 12.9. The lowest BCUT2D eigenvalue weighted by Crippen LogP contribution is -2.33. The molecule has 0 aliphatic carbocycles. The van der Waals surface area contributed by atoms with Crippen molar-refractivity contribution in [2.45, 2.75) is 0 Å². The van der Waals surface area contributed by atoms with Crippen LogP contribution in [0, 0.1) is 0 Å². The molecule has 7 heteroatoms. The van der Waals surface area contributed by atoms with Crippen LogP contribution in [0.4, 0.5) is 0 Å². The Bertz CT molecular complexity index is 565. The summed E-state index contributed by atoms with van der Waals surface area (Å²) in [6.45, 7) is 4.14. The molecule has 0 aromatic carbocycles. The van der Waals surface area contributed by atoms with Gasteiger partial charge >= 0.3 is 0 Å². The molecular formula is C13H15N5O2. The van der Waals surface area contributed by atoms with E-state index < -0.39 is 0 Å². The van der Waals surface area contributed by atoms with Crippen molar-refractivity contribution in [3.8, 4) is 5.82 Å². The number of hydrogen-bond donors (Lipinski definition) is 1. The average molecular weight is 273 g/mol. The average Bonchev–Trinajstić information content (AvgIpc) is 3.01. The van der Waals surface area contributed by atoms with E-state index >= 15 is 0 Å². The van der Waals surface area contributed by atoms with Crippen LogP contribution in [0.15, 0.2) is 43.6 Å². The molecule has 20 heavy (non-hydrogen) atoms. The monoisotopic (exact) mass is 273 g/mol. The van der Waals surface area contributed by atoms with Crippen molar-refractivity contribution < 1.29 is 9.90 Å². The fourth-order valence-electron chi connectivity index (χ4n) is 1.71. The number of pyridine rings is 1. The minimum atomic E-state index is -0.198. The number of nitrogens with zero attached hydrogens (tertiary/aromatic N) is 5. The minimum absolute atomic E-state index is 0.0932. The molecule has 7 nitrogen and oxygen atoms in total. The largest absolute Gasteiger partial charge is 0.395 e. The maximum atomic E-state index is 12.2. The number of rotatable bonds is 6. The fraction of sp³-hybridized carbons (Fsp3) is 0.231. The Morgan fingerprint density at radius 2 is 2.35 bits per heavy atom. The molecule has 2 rings (SSSR count). The molecule has 0 aliphatic heterocycles. The Kier molecular flexibility index (Phi) is 4.56. The van der Waals surface area contributed by atoms with Crippen molar-refractivity contribution in [2.75, 3.05) is 19.7 Å². The molecule has 0 unspecified atom stereocenters. The zero-order valence-electron chi connectivity index (χ0n) is 10.9. The highest BCUT2D eigenvalue weighted by molar-refractivity contribution is 5.94. The Hall–Kier alpha value is -2.54. The maximum absolute atomic E-state index is 12.2. The summed E-state index contributed by atoms with van der Waals surface area (Å²) in [6, 6.07) is 3.35. The number of carbonyl (C=O) groups is 1. The van der Waals surface area contributed by atoms with Crippen LogP contribution < -0.4 is 0 Å². The highest BCUT2D eigenvalue weighted by atomic mass is 16.3. The van der Waals surface area contributed by atoms with Gasteiger partial charge in [0.25, 0.3) is 5.91 Å². The molecule has 0 bridgehead atoms. The van der Waals surface area contributed by atoms with Gasteiger partial charge in [-0.2, -0.15) is 5.10 Å². The van der Waals surface area contributed by atoms with Gasteiger partial charge < -0.3 is 10.0 Å². The first-order valence-corrected chi connectivity index (χ1v) is 6.08. The maximum Gasteiger partial charge on any atom is 0.255 e. The summed E-state index contributed by atoms with van der Waals surface area (Å²) in [5.74, 6) is 0.382. The van der Waals surface area contributed by atoms with E-state index in [9.17, 15) is 4.79 Å². The molecule has 2 aromatic heterocycles. The van der Waals surface area contributed by atoms with E-state index in [0.29, 0.717) is 17.9 Å². The number of aromatic nitrogens is 4. The molecule has 0 radical (unpaired) electrons. The van der Waals surface area contributed by atoms with Crippen LogP contribution in [0.2, 0.25) is 0 Å². The Labute approximate surface area is 116 Å². The molecule has 1 N–H and O–H groups in total. The van der Waals surface area contributed by atoms with Crippen molar-refractivity contribution in [3.05, 3.63) is 49.2 Å². The predicted molar refractivity (Wildman–Crippen MR) is 72.3 cm³/mol. The Morgan fingerprint density at radius 1 is 1.50 bits per heavy atom. The topological polar surface area (TPSA) is 84.1 Å². The van der Waals surface area contributed by atoms with Crippen LogP contribution in [0.3, 0.4) is 0 Å². The van der Waals surface area contributed by atoms with Gasteiger partial charge in [0.15, 0.2) is 5.82 Å². The minimum Gasteiger partial charge on any atom is -0.395 e. The molecule has 0 aliphatic rings. The zero-order valence-corrected chi connectivity index (χ0v) is 10.9. The lowest BCUT2D eigenvalue weighted by Gasteiger charge is -2.19. The summed E-state index contributed by atoms with van der Waals surface area (Å²) in [6.07, 6.45) is 6.03. The number of amides is 1. The van der Waals surface area contributed by atoms with Gasteiger partial charge in [-0.25, -0.2) is 14.6 Å². The standard InChI is InChI=1S/C13H15N5O2/c1-2-5-17(6-7-19)13(20)11-3-4-12(15-8-11)18-10-14-9-16-18/h2-4,8-10,19H,1,5-7H2. The normalized spacial score (nSPS) is 10.2. The number of hydrogen-bond acceptors (Lipinski definition) is 5. The molecule has 0 saturated heterocycles. The summed E-state index contributed by atoms with van der Waals surface area (Å²) in [7, 11) is 0. The van der Waals surface area contributed by atoms with Gasteiger partial charge in [-0.1, -0.05) is 6.08 Å². The number of aliphatic hydroxyl groups excluding tert-OH is 1. The smallest absolute Gasteiger partial charge is 0.255 e. The van der Waals surface area contributed by atoms with E-state index in [2.05, 4.69) is 21.6 Å². The van der Waals surface area contributed by atoms with E-state index in [1.807, 2.05) is 0 Å². The molecule has 104 valence electrons. The van der Waals surface area contributed by atoms with E-state index in [-0.39, 0.29) is 19.1 Å². The lowest BCUT2D eigenvalue weighted by atomic mass is 10.2. The van der Waals surface area contributed by atoms with Gasteiger partial charge in [-0.05, 0) is 12.1 Å². The third kappa shape index (κ3) is 3.07. The van der Waals surface area contributed by atoms with Gasteiger partial charge in [-0.15, -0.1) is 6.58 Å². The predicted octanol–water partition coefficient (Wildman–Crippen LogP) is 0.283. The van der Waals surface area contributed by atoms with Gasteiger partial charge in [0.2, 0.25) is 0 Å². The van der Waals surface area contributed by atoms with Crippen LogP contribution in [0.25, 0.3) is 5.82 Å². The SMILES string of the molecule is C=CCN(CCO)C(=O)c1ccc(-n2cncn2)nc1. The third-order valence-electron chi connectivity index (χ3n) is 2.65. The summed E-state index contributed by atoms with van der Waals surface area (Å²) in [5.41, 5.74) is 0.448. The quantitative estimate of drug-likeness (QED) is 0.764. The first-order valence-electron chi connectivity index (χ1n) is 6.08. The number of carbonyl (C=O) groups excluding carboxylic acids is 1. The van der Waals surface area contributed by atoms with Crippen molar-refractivity contribution >= 4 is 5.91 Å². The van der Waals surface area contributed by atoms with Crippen LogP contribution in [0.1, 0.15) is 10.4 Å². The number of aliphatic hydroxyl groups is 1. The van der Waals surface area contributed by atoms with Crippen molar-refractivity contribution in [1.29, 1.82) is 0 Å². The van der Waals surface area contributed by atoms with E-state index in [1.54, 1.807) is 18.2 Å². The molecule has 1 amide bonds. The summed E-state index contributed by atoms with van der Waals surface area (Å²) >= 11 is 0. The molecule has 0 saturated carbocycles. The lowest BCUT2D eigenvalue weighted by molar-refractivity contribution is 0.0742. The zero-order chi connectivity index (χ0) is 14.4.